The molecule has 7 heteroatoms. The van der Waals surface area contributed by atoms with E-state index in [0.717, 1.165) is 5.56 Å². The number of nitrogens with one attached hydrogen (secondary N) is 1. The van der Waals surface area contributed by atoms with E-state index in [9.17, 15) is 13.2 Å². The molecule has 2 rings (SSSR count). The second-order valence-corrected chi connectivity index (χ2v) is 7.20. The van der Waals surface area contributed by atoms with E-state index in [1.807, 2.05) is 19.9 Å². The van der Waals surface area contributed by atoms with Crippen molar-refractivity contribution in [1.82, 2.24) is 0 Å². The van der Waals surface area contributed by atoms with E-state index in [2.05, 4.69) is 4.72 Å². The van der Waals surface area contributed by atoms with Gasteiger partial charge in [-0.3, -0.25) is 4.72 Å². The Morgan fingerprint density at radius 2 is 1.75 bits per heavy atom. The number of carboxylic acids is 1. The quantitative estimate of drug-likeness (QED) is 0.834. The lowest BCUT2D eigenvalue weighted by Crippen LogP contribution is -2.14. The summed E-state index contributed by atoms with van der Waals surface area (Å²) in [4.78, 5) is 10.9. The van der Waals surface area contributed by atoms with Crippen LogP contribution in [-0.2, 0) is 10.0 Å². The Morgan fingerprint density at radius 1 is 1.12 bits per heavy atom. The molecule has 0 bridgehead atoms. The maximum Gasteiger partial charge on any atom is 0.335 e. The third-order valence-electron chi connectivity index (χ3n) is 3.53. The molecule has 0 radical (unpaired) electrons. The third kappa shape index (κ3) is 3.86. The summed E-state index contributed by atoms with van der Waals surface area (Å²) in [6, 6.07) is 10.5. The lowest BCUT2D eigenvalue weighted by molar-refractivity contribution is 0.0697. The molecule has 2 aromatic carbocycles. The molecule has 0 heterocycles. The lowest BCUT2D eigenvalue weighted by atomic mass is 10.0. The second-order valence-electron chi connectivity index (χ2n) is 5.55. The summed E-state index contributed by atoms with van der Waals surface area (Å²) < 4.78 is 32.9. The number of anilines is 1. The van der Waals surface area contributed by atoms with Gasteiger partial charge < -0.3 is 9.84 Å². The molecule has 0 amide bonds. The highest BCUT2D eigenvalue weighted by atomic mass is 32.2. The number of aromatic carboxylic acids is 1. The van der Waals surface area contributed by atoms with Crippen molar-refractivity contribution in [2.24, 2.45) is 0 Å². The summed E-state index contributed by atoms with van der Waals surface area (Å²) in [5.74, 6) is -0.663. The number of rotatable bonds is 6. The van der Waals surface area contributed by atoms with Gasteiger partial charge in [-0.1, -0.05) is 19.9 Å². The molecule has 0 fully saturated rings. The highest BCUT2D eigenvalue weighted by Crippen LogP contribution is 2.29. The van der Waals surface area contributed by atoms with Gasteiger partial charge in [0.1, 0.15) is 10.6 Å². The van der Waals surface area contributed by atoms with E-state index in [-0.39, 0.29) is 27.8 Å². The summed E-state index contributed by atoms with van der Waals surface area (Å²) in [6.07, 6.45) is 0. The number of hydrogen-bond acceptors (Lipinski definition) is 4. The Labute approximate surface area is 141 Å². The molecule has 0 atom stereocenters. The highest BCUT2D eigenvalue weighted by molar-refractivity contribution is 7.92. The molecule has 0 aliphatic heterocycles. The van der Waals surface area contributed by atoms with E-state index >= 15 is 0 Å². The minimum atomic E-state index is -3.87. The number of sulfonamides is 1. The standard InChI is InChI=1S/C17H19NO5S/c1-11(2)13-6-9-15(23-3)16(10-13)24(21,22)18-14-7-4-12(5-8-14)17(19)20/h4-11,18H,1-3H3,(H,19,20). The Balaban J connectivity index is 2.39. The van der Waals surface area contributed by atoms with Gasteiger partial charge in [0.2, 0.25) is 0 Å². The number of carboxylic acid groups (broad SMARTS) is 1. The van der Waals surface area contributed by atoms with Crippen molar-refractivity contribution >= 4 is 21.7 Å². The first-order valence-corrected chi connectivity index (χ1v) is 8.77. The van der Waals surface area contributed by atoms with Gasteiger partial charge in [0.15, 0.2) is 0 Å². The van der Waals surface area contributed by atoms with Crippen molar-refractivity contribution in [2.45, 2.75) is 24.7 Å². The molecule has 128 valence electrons. The predicted octanol–water partition coefficient (Wildman–Crippen LogP) is 3.32. The molecule has 2 N–H and O–H groups in total. The van der Waals surface area contributed by atoms with Crippen molar-refractivity contribution in [3.05, 3.63) is 53.6 Å². The smallest absolute Gasteiger partial charge is 0.335 e. The van der Waals surface area contributed by atoms with E-state index < -0.39 is 16.0 Å². The van der Waals surface area contributed by atoms with Gasteiger partial charge in [-0.25, -0.2) is 13.2 Å². The van der Waals surface area contributed by atoms with Crippen molar-refractivity contribution < 1.29 is 23.1 Å². The van der Waals surface area contributed by atoms with Crippen LogP contribution >= 0.6 is 0 Å². The summed E-state index contributed by atoms with van der Waals surface area (Å²) >= 11 is 0. The minimum absolute atomic E-state index is 0.0403. The van der Waals surface area contributed by atoms with Crippen LogP contribution in [0.15, 0.2) is 47.4 Å². The highest BCUT2D eigenvalue weighted by Gasteiger charge is 2.21. The zero-order valence-corrected chi connectivity index (χ0v) is 14.4. The van der Waals surface area contributed by atoms with Crippen LogP contribution in [-0.4, -0.2) is 26.6 Å². The topological polar surface area (TPSA) is 92.7 Å². The number of benzene rings is 2. The van der Waals surface area contributed by atoms with Gasteiger partial charge >= 0.3 is 5.97 Å². The van der Waals surface area contributed by atoms with Crippen molar-refractivity contribution in [3.8, 4) is 5.75 Å². The molecular formula is C17H19NO5S. The molecule has 0 aromatic heterocycles. The van der Waals surface area contributed by atoms with Crippen LogP contribution in [0.1, 0.15) is 35.7 Å². The summed E-state index contributed by atoms with van der Waals surface area (Å²) in [5.41, 5.74) is 1.23. The van der Waals surface area contributed by atoms with Gasteiger partial charge in [-0.2, -0.15) is 0 Å². The first kappa shape index (κ1) is 17.8. The van der Waals surface area contributed by atoms with Gasteiger partial charge in [0.05, 0.1) is 12.7 Å². The fourth-order valence-corrected chi connectivity index (χ4v) is 3.42. The van der Waals surface area contributed by atoms with Gasteiger partial charge in [0, 0.05) is 5.69 Å². The molecule has 2 aromatic rings. The van der Waals surface area contributed by atoms with Crippen LogP contribution in [0.25, 0.3) is 0 Å². The second kappa shape index (κ2) is 6.92. The Morgan fingerprint density at radius 3 is 2.25 bits per heavy atom. The maximum absolute atomic E-state index is 12.7. The van der Waals surface area contributed by atoms with Crippen molar-refractivity contribution in [1.29, 1.82) is 0 Å². The van der Waals surface area contributed by atoms with E-state index in [0.29, 0.717) is 0 Å². The predicted molar refractivity (Wildman–Crippen MR) is 91.3 cm³/mol. The lowest BCUT2D eigenvalue weighted by Gasteiger charge is -2.14. The number of hydrogen-bond donors (Lipinski definition) is 2. The number of ether oxygens (including phenoxy) is 1. The molecule has 0 aliphatic carbocycles. The normalized spacial score (nSPS) is 11.3. The fourth-order valence-electron chi connectivity index (χ4n) is 2.15. The first-order chi connectivity index (χ1) is 11.2. The van der Waals surface area contributed by atoms with Gasteiger partial charge in [-0.15, -0.1) is 0 Å². The molecule has 24 heavy (non-hydrogen) atoms. The number of methoxy groups -OCH3 is 1. The van der Waals surface area contributed by atoms with Gasteiger partial charge in [0.25, 0.3) is 10.0 Å². The van der Waals surface area contributed by atoms with Crippen LogP contribution in [0, 0.1) is 0 Å². The molecule has 0 aliphatic rings. The van der Waals surface area contributed by atoms with Crippen molar-refractivity contribution in [3.63, 3.8) is 0 Å². The van der Waals surface area contributed by atoms with Crippen LogP contribution in [0.5, 0.6) is 5.75 Å². The largest absolute Gasteiger partial charge is 0.495 e. The summed E-state index contributed by atoms with van der Waals surface area (Å²) in [6.45, 7) is 3.94. The van der Waals surface area contributed by atoms with Crippen LogP contribution in [0.2, 0.25) is 0 Å². The van der Waals surface area contributed by atoms with E-state index in [4.69, 9.17) is 9.84 Å². The van der Waals surface area contributed by atoms with Crippen LogP contribution < -0.4 is 9.46 Å². The third-order valence-corrected chi connectivity index (χ3v) is 4.93. The Hall–Kier alpha value is -2.54. The Kier molecular flexibility index (Phi) is 5.14. The Bertz CT molecular complexity index is 842. The molecule has 0 saturated heterocycles. The average Bonchev–Trinajstić information content (AvgIpc) is 2.54. The number of carbonyl (C=O) groups is 1. The molecule has 0 unspecified atom stereocenters. The monoisotopic (exact) mass is 349 g/mol. The van der Waals surface area contributed by atoms with E-state index in [1.54, 1.807) is 12.1 Å². The summed E-state index contributed by atoms with van der Waals surface area (Å²) in [7, 11) is -2.46. The van der Waals surface area contributed by atoms with E-state index in [1.165, 1.54) is 31.4 Å². The SMILES string of the molecule is COc1ccc(C(C)C)cc1S(=O)(=O)Nc1ccc(C(=O)O)cc1. The molecule has 0 spiro atoms. The van der Waals surface area contributed by atoms with Crippen LogP contribution in [0.3, 0.4) is 0 Å². The average molecular weight is 349 g/mol. The summed E-state index contributed by atoms with van der Waals surface area (Å²) in [5, 5.41) is 8.88. The van der Waals surface area contributed by atoms with Crippen molar-refractivity contribution in [2.75, 3.05) is 11.8 Å². The first-order valence-electron chi connectivity index (χ1n) is 7.28. The molecule has 6 nitrogen and oxygen atoms in total. The maximum atomic E-state index is 12.7. The molecular weight excluding hydrogens is 330 g/mol. The zero-order valence-electron chi connectivity index (χ0n) is 13.6. The van der Waals surface area contributed by atoms with Gasteiger partial charge in [-0.05, 0) is 47.9 Å². The van der Waals surface area contributed by atoms with Crippen LogP contribution in [0.4, 0.5) is 5.69 Å². The zero-order chi connectivity index (χ0) is 17.9. The molecule has 0 saturated carbocycles. The fraction of sp³-hybridized carbons (Fsp3) is 0.235. The minimum Gasteiger partial charge on any atom is -0.495 e.